The molecule has 170 valence electrons. The summed E-state index contributed by atoms with van der Waals surface area (Å²) >= 11 is 0. The van der Waals surface area contributed by atoms with Crippen molar-refractivity contribution in [2.24, 2.45) is 11.8 Å². The molecule has 3 aromatic heterocycles. The van der Waals surface area contributed by atoms with E-state index in [-0.39, 0.29) is 23.8 Å². The van der Waals surface area contributed by atoms with Crippen molar-refractivity contribution in [3.63, 3.8) is 0 Å². The van der Waals surface area contributed by atoms with E-state index in [0.717, 1.165) is 35.0 Å². The number of para-hydroxylation sites is 1. The van der Waals surface area contributed by atoms with Gasteiger partial charge in [-0.05, 0) is 50.7 Å². The topological polar surface area (TPSA) is 97.4 Å². The van der Waals surface area contributed by atoms with Gasteiger partial charge in [0.15, 0.2) is 5.58 Å². The lowest BCUT2D eigenvalue weighted by Gasteiger charge is -2.31. The lowest BCUT2D eigenvalue weighted by Crippen LogP contribution is -2.40. The number of amides is 1. The number of hydrogen-bond acceptors (Lipinski definition) is 4. The van der Waals surface area contributed by atoms with E-state index >= 15 is 0 Å². The Kier molecular flexibility index (Phi) is 5.62. The number of carboxylic acids is 1. The highest BCUT2D eigenvalue weighted by atomic mass is 16.4. The van der Waals surface area contributed by atoms with Crippen molar-refractivity contribution in [1.29, 1.82) is 0 Å². The number of hydrogen-bond donors (Lipinski definition) is 2. The summed E-state index contributed by atoms with van der Waals surface area (Å²) in [5.74, 6) is -0.858. The van der Waals surface area contributed by atoms with Gasteiger partial charge in [-0.25, -0.2) is 0 Å². The number of carbonyl (C=O) groups excluding carboxylic acids is 1. The molecular formula is C26H27N3O4. The van der Waals surface area contributed by atoms with E-state index in [4.69, 9.17) is 9.40 Å². The van der Waals surface area contributed by atoms with Gasteiger partial charge in [-0.2, -0.15) is 0 Å². The third-order valence-electron chi connectivity index (χ3n) is 6.92. The van der Waals surface area contributed by atoms with Crippen molar-refractivity contribution in [2.75, 3.05) is 0 Å². The highest BCUT2D eigenvalue weighted by Gasteiger charge is 2.30. The number of furan rings is 1. The Bertz CT molecular complexity index is 1310. The molecule has 2 N–H and O–H groups in total. The predicted molar refractivity (Wildman–Crippen MR) is 125 cm³/mol. The fraction of sp³-hybridized carbons (Fsp3) is 0.346. The number of carbonyl (C=O) groups is 2. The Morgan fingerprint density at radius 2 is 1.94 bits per heavy atom. The minimum absolute atomic E-state index is 0.0410. The zero-order valence-electron chi connectivity index (χ0n) is 18.5. The van der Waals surface area contributed by atoms with Crippen molar-refractivity contribution in [1.82, 2.24) is 14.9 Å². The monoisotopic (exact) mass is 445 g/mol. The van der Waals surface area contributed by atoms with Crippen molar-refractivity contribution < 1.29 is 19.1 Å². The normalized spacial score (nSPS) is 19.5. The van der Waals surface area contributed by atoms with Crippen LogP contribution in [0.2, 0.25) is 0 Å². The van der Waals surface area contributed by atoms with Crippen LogP contribution in [0.3, 0.4) is 0 Å². The quantitative estimate of drug-likeness (QED) is 0.443. The third-order valence-corrected chi connectivity index (χ3v) is 6.92. The summed E-state index contributed by atoms with van der Waals surface area (Å²) in [5, 5.41) is 13.5. The molecule has 1 aliphatic rings. The maximum atomic E-state index is 13.3. The van der Waals surface area contributed by atoms with E-state index < -0.39 is 5.97 Å². The Labute approximate surface area is 191 Å². The van der Waals surface area contributed by atoms with Gasteiger partial charge in [-0.3, -0.25) is 14.6 Å². The second-order valence-electron chi connectivity index (χ2n) is 8.99. The van der Waals surface area contributed by atoms with Crippen LogP contribution in [0.25, 0.3) is 22.0 Å². The summed E-state index contributed by atoms with van der Waals surface area (Å²) in [7, 11) is 0. The van der Waals surface area contributed by atoms with E-state index in [2.05, 4.69) is 5.32 Å². The van der Waals surface area contributed by atoms with Gasteiger partial charge >= 0.3 is 5.97 Å². The van der Waals surface area contributed by atoms with Gasteiger partial charge in [0.05, 0.1) is 35.5 Å². The molecule has 33 heavy (non-hydrogen) atoms. The van der Waals surface area contributed by atoms with Crippen LogP contribution in [-0.4, -0.2) is 32.6 Å². The summed E-state index contributed by atoms with van der Waals surface area (Å²) in [4.78, 5) is 29.3. The van der Waals surface area contributed by atoms with Crippen LogP contribution >= 0.6 is 0 Å². The molecule has 1 aromatic carbocycles. The summed E-state index contributed by atoms with van der Waals surface area (Å²) in [6.07, 6.45) is 4.57. The van der Waals surface area contributed by atoms with E-state index in [1.807, 2.05) is 54.0 Å². The van der Waals surface area contributed by atoms with Gasteiger partial charge in [0, 0.05) is 23.6 Å². The van der Waals surface area contributed by atoms with Crippen LogP contribution in [-0.2, 0) is 11.3 Å². The predicted octanol–water partition coefficient (Wildman–Crippen LogP) is 4.84. The maximum Gasteiger partial charge on any atom is 0.306 e. The fourth-order valence-corrected chi connectivity index (χ4v) is 4.96. The first-order valence-corrected chi connectivity index (χ1v) is 11.4. The van der Waals surface area contributed by atoms with Crippen LogP contribution in [0.5, 0.6) is 0 Å². The molecule has 0 aliphatic heterocycles. The number of carboxylic acid groups (broad SMARTS) is 1. The highest BCUT2D eigenvalue weighted by molar-refractivity contribution is 5.97. The zero-order valence-corrected chi connectivity index (χ0v) is 18.5. The molecule has 0 saturated heterocycles. The minimum Gasteiger partial charge on any atom is -0.481 e. The summed E-state index contributed by atoms with van der Waals surface area (Å²) < 4.78 is 7.52. The molecular weight excluding hydrogens is 418 g/mol. The smallest absolute Gasteiger partial charge is 0.306 e. The van der Waals surface area contributed by atoms with Gasteiger partial charge in [0.2, 0.25) is 0 Å². The maximum absolute atomic E-state index is 13.3. The number of benzene rings is 1. The molecule has 0 spiro atoms. The van der Waals surface area contributed by atoms with Gasteiger partial charge in [0.1, 0.15) is 5.69 Å². The minimum atomic E-state index is -0.715. The lowest BCUT2D eigenvalue weighted by molar-refractivity contribution is -0.143. The summed E-state index contributed by atoms with van der Waals surface area (Å²) in [6.45, 7) is 2.46. The number of fused-ring (bicyclic) bond motifs is 2. The first kappa shape index (κ1) is 21.2. The number of pyridine rings is 1. The molecule has 1 fully saturated rings. The number of nitrogens with zero attached hydrogens (tertiary/aromatic N) is 2. The van der Waals surface area contributed by atoms with Crippen LogP contribution in [0, 0.1) is 11.8 Å². The molecule has 4 aromatic rings. The SMILES string of the molecule is CC(NC(=O)c1cc2occc2n1Cc1ccc2ccccc2n1)C1CCC(C(=O)O)CC1. The second-order valence-corrected chi connectivity index (χ2v) is 8.99. The molecule has 7 heteroatoms. The zero-order chi connectivity index (χ0) is 22.9. The average molecular weight is 446 g/mol. The van der Waals surface area contributed by atoms with Crippen LogP contribution < -0.4 is 5.32 Å². The van der Waals surface area contributed by atoms with Gasteiger partial charge in [-0.15, -0.1) is 0 Å². The Balaban J connectivity index is 1.36. The molecule has 1 atom stereocenters. The van der Waals surface area contributed by atoms with Gasteiger partial charge < -0.3 is 19.4 Å². The second kappa shape index (κ2) is 8.73. The molecule has 1 saturated carbocycles. The first-order valence-electron chi connectivity index (χ1n) is 11.4. The molecule has 1 amide bonds. The molecule has 0 radical (unpaired) electrons. The van der Waals surface area contributed by atoms with E-state index in [0.29, 0.717) is 30.7 Å². The van der Waals surface area contributed by atoms with Crippen molar-refractivity contribution >= 4 is 33.9 Å². The van der Waals surface area contributed by atoms with Crippen molar-refractivity contribution in [3.8, 4) is 0 Å². The number of nitrogens with one attached hydrogen (secondary N) is 1. The van der Waals surface area contributed by atoms with E-state index in [9.17, 15) is 14.7 Å². The van der Waals surface area contributed by atoms with Crippen LogP contribution in [0.15, 0.2) is 59.2 Å². The van der Waals surface area contributed by atoms with E-state index in [1.54, 1.807) is 12.3 Å². The van der Waals surface area contributed by atoms with Crippen LogP contribution in [0.4, 0.5) is 0 Å². The molecule has 7 nitrogen and oxygen atoms in total. The Morgan fingerprint density at radius 3 is 2.73 bits per heavy atom. The Morgan fingerprint density at radius 1 is 1.15 bits per heavy atom. The molecule has 1 unspecified atom stereocenters. The lowest BCUT2D eigenvalue weighted by atomic mass is 9.79. The average Bonchev–Trinajstić information content (AvgIpc) is 3.41. The molecule has 5 rings (SSSR count). The van der Waals surface area contributed by atoms with Crippen molar-refractivity contribution in [2.45, 2.75) is 45.2 Å². The fourth-order valence-electron chi connectivity index (χ4n) is 4.96. The first-order chi connectivity index (χ1) is 16.0. The number of aliphatic carboxylic acids is 1. The Hall–Kier alpha value is -3.61. The number of aromatic nitrogens is 2. The number of rotatable bonds is 6. The van der Waals surface area contributed by atoms with E-state index in [1.165, 1.54) is 0 Å². The highest BCUT2D eigenvalue weighted by Crippen LogP contribution is 2.31. The third kappa shape index (κ3) is 4.23. The summed E-state index contributed by atoms with van der Waals surface area (Å²) in [5.41, 5.74) is 3.83. The molecule has 3 heterocycles. The van der Waals surface area contributed by atoms with Crippen molar-refractivity contribution in [3.05, 3.63) is 66.2 Å². The van der Waals surface area contributed by atoms with Gasteiger partial charge in [0.25, 0.3) is 5.91 Å². The van der Waals surface area contributed by atoms with Crippen LogP contribution in [0.1, 0.15) is 48.8 Å². The standard InChI is InChI=1S/C26H27N3O4/c1-16(17-6-8-19(9-7-17)26(31)32)27-25(30)23-14-24-22(12-13-33-24)29(23)15-20-11-10-18-4-2-3-5-21(18)28-20/h2-5,10-14,16-17,19H,6-9,15H2,1H3,(H,27,30)(H,31,32). The summed E-state index contributed by atoms with van der Waals surface area (Å²) in [6, 6.07) is 15.6. The largest absolute Gasteiger partial charge is 0.481 e. The van der Waals surface area contributed by atoms with Gasteiger partial charge in [-0.1, -0.05) is 24.3 Å². The molecule has 0 bridgehead atoms. The molecule has 1 aliphatic carbocycles.